The molecule has 1 aliphatic heterocycles. The summed E-state index contributed by atoms with van der Waals surface area (Å²) in [5.41, 5.74) is 0.240. The molecule has 2 N–H and O–H groups in total. The summed E-state index contributed by atoms with van der Waals surface area (Å²) >= 11 is 0. The van der Waals surface area contributed by atoms with E-state index in [0.29, 0.717) is 6.54 Å². The fourth-order valence-electron chi connectivity index (χ4n) is 3.64. The van der Waals surface area contributed by atoms with Gasteiger partial charge in [-0.15, -0.1) is 0 Å². The molecule has 2 unspecified atom stereocenters. The van der Waals surface area contributed by atoms with Crippen molar-refractivity contribution in [3.8, 4) is 0 Å². The zero-order chi connectivity index (χ0) is 16.5. The third-order valence-corrected chi connectivity index (χ3v) is 4.99. The van der Waals surface area contributed by atoms with E-state index in [1.165, 1.54) is 18.8 Å². The Hall–Kier alpha value is -1.57. The second-order valence-electron chi connectivity index (χ2n) is 6.72. The molecular formula is C15H21F3N4O. The summed E-state index contributed by atoms with van der Waals surface area (Å²) < 4.78 is 40.4. The molecule has 1 aromatic rings. The van der Waals surface area contributed by atoms with Gasteiger partial charge in [-0.25, -0.2) is 4.98 Å². The molecule has 8 heteroatoms. The second-order valence-corrected chi connectivity index (χ2v) is 6.72. The van der Waals surface area contributed by atoms with E-state index < -0.39 is 24.5 Å². The van der Waals surface area contributed by atoms with Crippen LogP contribution in [0.15, 0.2) is 18.7 Å². The summed E-state index contributed by atoms with van der Waals surface area (Å²) in [6.45, 7) is 1.56. The molecule has 2 fully saturated rings. The van der Waals surface area contributed by atoms with Crippen LogP contribution in [0.5, 0.6) is 0 Å². The molecule has 1 saturated heterocycles. The fraction of sp³-hybridized carbons (Fsp3) is 0.733. The Morgan fingerprint density at radius 3 is 2.83 bits per heavy atom. The third-order valence-electron chi connectivity index (χ3n) is 4.99. The minimum atomic E-state index is -4.49. The highest BCUT2D eigenvalue weighted by molar-refractivity contribution is 5.76. The Bertz CT molecular complexity index is 539. The number of imidazole rings is 1. The summed E-state index contributed by atoms with van der Waals surface area (Å²) in [5.74, 6) is -0.566. The van der Waals surface area contributed by atoms with E-state index in [1.54, 1.807) is 0 Å². The Morgan fingerprint density at radius 1 is 1.48 bits per heavy atom. The monoisotopic (exact) mass is 330 g/mol. The van der Waals surface area contributed by atoms with Gasteiger partial charge in [0.2, 0.25) is 5.91 Å². The molecule has 1 saturated carbocycles. The number of carbonyl (C=O) groups is 1. The zero-order valence-corrected chi connectivity index (χ0v) is 12.8. The Kier molecular flexibility index (Phi) is 4.35. The first-order valence-electron chi connectivity index (χ1n) is 7.92. The van der Waals surface area contributed by atoms with Crippen LogP contribution in [0.2, 0.25) is 0 Å². The molecule has 1 aliphatic carbocycles. The van der Waals surface area contributed by atoms with Gasteiger partial charge in [0, 0.05) is 31.5 Å². The van der Waals surface area contributed by atoms with Gasteiger partial charge in [-0.2, -0.15) is 13.2 Å². The van der Waals surface area contributed by atoms with Crippen LogP contribution in [0.1, 0.15) is 38.1 Å². The van der Waals surface area contributed by atoms with Crippen molar-refractivity contribution in [2.45, 2.75) is 50.4 Å². The summed E-state index contributed by atoms with van der Waals surface area (Å²) in [6.07, 6.45) is 2.81. The zero-order valence-electron chi connectivity index (χ0n) is 12.8. The maximum absolute atomic E-state index is 13.2. The standard InChI is InChI=1S/C15H21F3N4O/c16-15(17,18)12(22-5-4-19-10-22)6-13(23)21-11-7-14(2-1-3-14)9-20-8-11/h4-5,10-12,20H,1-3,6-9H2,(H,21,23). The Labute approximate surface area is 132 Å². The second kappa shape index (κ2) is 6.14. The van der Waals surface area contributed by atoms with Gasteiger partial charge >= 0.3 is 6.18 Å². The van der Waals surface area contributed by atoms with Gasteiger partial charge in [0.15, 0.2) is 0 Å². The van der Waals surface area contributed by atoms with Crippen molar-refractivity contribution in [1.29, 1.82) is 0 Å². The van der Waals surface area contributed by atoms with Crippen molar-refractivity contribution in [3.05, 3.63) is 18.7 Å². The summed E-state index contributed by atoms with van der Waals surface area (Å²) in [5, 5.41) is 6.06. The third kappa shape index (κ3) is 3.68. The molecule has 1 aromatic heterocycles. The molecule has 2 heterocycles. The number of carbonyl (C=O) groups excluding carboxylic acids is 1. The molecule has 1 spiro atoms. The Morgan fingerprint density at radius 2 is 2.26 bits per heavy atom. The first-order valence-corrected chi connectivity index (χ1v) is 7.92. The van der Waals surface area contributed by atoms with Gasteiger partial charge in [0.1, 0.15) is 6.04 Å². The van der Waals surface area contributed by atoms with Crippen LogP contribution in [0.25, 0.3) is 0 Å². The van der Waals surface area contributed by atoms with Gasteiger partial charge in [0.25, 0.3) is 0 Å². The van der Waals surface area contributed by atoms with Gasteiger partial charge in [-0.1, -0.05) is 6.42 Å². The topological polar surface area (TPSA) is 59.0 Å². The maximum atomic E-state index is 13.2. The SMILES string of the molecule is O=C(CC(n1ccnc1)C(F)(F)F)NC1CNCC2(CCC2)C1. The maximum Gasteiger partial charge on any atom is 0.409 e. The number of halogens is 3. The molecular weight excluding hydrogens is 309 g/mol. The quantitative estimate of drug-likeness (QED) is 0.888. The van der Waals surface area contributed by atoms with Crippen LogP contribution in [-0.4, -0.2) is 40.8 Å². The predicted octanol–water partition coefficient (Wildman–Crippen LogP) is 2.02. The van der Waals surface area contributed by atoms with Crippen molar-refractivity contribution in [3.63, 3.8) is 0 Å². The van der Waals surface area contributed by atoms with E-state index in [0.717, 1.165) is 36.7 Å². The fourth-order valence-corrected chi connectivity index (χ4v) is 3.64. The molecule has 0 radical (unpaired) electrons. The lowest BCUT2D eigenvalue weighted by Crippen LogP contribution is -2.55. The Balaban J connectivity index is 1.59. The molecule has 5 nitrogen and oxygen atoms in total. The molecule has 0 aromatic carbocycles. The van der Waals surface area contributed by atoms with E-state index in [9.17, 15) is 18.0 Å². The first-order chi connectivity index (χ1) is 10.9. The minimum Gasteiger partial charge on any atom is -0.352 e. The van der Waals surface area contributed by atoms with Crippen LogP contribution >= 0.6 is 0 Å². The highest BCUT2D eigenvalue weighted by Gasteiger charge is 2.44. The van der Waals surface area contributed by atoms with Crippen molar-refractivity contribution in [2.24, 2.45) is 5.41 Å². The largest absolute Gasteiger partial charge is 0.409 e. The number of nitrogens with one attached hydrogen (secondary N) is 2. The van der Waals surface area contributed by atoms with E-state index in [1.807, 2.05) is 0 Å². The van der Waals surface area contributed by atoms with Crippen LogP contribution in [0.3, 0.4) is 0 Å². The average molecular weight is 330 g/mol. The van der Waals surface area contributed by atoms with Gasteiger partial charge < -0.3 is 15.2 Å². The number of rotatable bonds is 4. The van der Waals surface area contributed by atoms with Crippen LogP contribution in [0.4, 0.5) is 13.2 Å². The molecule has 1 amide bonds. The predicted molar refractivity (Wildman–Crippen MR) is 77.6 cm³/mol. The lowest BCUT2D eigenvalue weighted by atomic mass is 9.64. The van der Waals surface area contributed by atoms with Gasteiger partial charge in [-0.3, -0.25) is 4.79 Å². The number of hydrogen-bond donors (Lipinski definition) is 2. The van der Waals surface area contributed by atoms with Crippen LogP contribution < -0.4 is 10.6 Å². The number of nitrogens with zero attached hydrogens (tertiary/aromatic N) is 2. The molecule has 3 rings (SSSR count). The van der Waals surface area contributed by atoms with Crippen LogP contribution in [-0.2, 0) is 4.79 Å². The summed E-state index contributed by atoms with van der Waals surface area (Å²) in [6, 6.07) is -1.97. The number of piperidine rings is 1. The number of hydrogen-bond acceptors (Lipinski definition) is 3. The molecule has 23 heavy (non-hydrogen) atoms. The lowest BCUT2D eigenvalue weighted by molar-refractivity contribution is -0.173. The number of alkyl halides is 3. The lowest BCUT2D eigenvalue weighted by Gasteiger charge is -2.48. The number of amides is 1. The number of aromatic nitrogens is 2. The molecule has 2 aliphatic rings. The van der Waals surface area contributed by atoms with Crippen LogP contribution in [0, 0.1) is 5.41 Å². The van der Waals surface area contributed by atoms with Gasteiger partial charge in [0.05, 0.1) is 12.7 Å². The molecule has 2 atom stereocenters. The highest BCUT2D eigenvalue weighted by atomic mass is 19.4. The first kappa shape index (κ1) is 16.3. The van der Waals surface area contributed by atoms with E-state index in [4.69, 9.17) is 0 Å². The average Bonchev–Trinajstić information content (AvgIpc) is 2.96. The van der Waals surface area contributed by atoms with E-state index in [2.05, 4.69) is 15.6 Å². The highest BCUT2D eigenvalue weighted by Crippen LogP contribution is 2.45. The molecule has 0 bridgehead atoms. The summed E-state index contributed by atoms with van der Waals surface area (Å²) in [4.78, 5) is 15.7. The normalized spacial score (nSPS) is 24.9. The van der Waals surface area contributed by atoms with Crippen molar-refractivity contribution < 1.29 is 18.0 Å². The van der Waals surface area contributed by atoms with Crippen molar-refractivity contribution in [2.75, 3.05) is 13.1 Å². The molecule has 128 valence electrons. The summed E-state index contributed by atoms with van der Waals surface area (Å²) in [7, 11) is 0. The van der Waals surface area contributed by atoms with Gasteiger partial charge in [-0.05, 0) is 24.7 Å². The van der Waals surface area contributed by atoms with Crippen molar-refractivity contribution >= 4 is 5.91 Å². The van der Waals surface area contributed by atoms with E-state index in [-0.39, 0.29) is 11.5 Å². The van der Waals surface area contributed by atoms with E-state index >= 15 is 0 Å². The smallest absolute Gasteiger partial charge is 0.352 e. The minimum absolute atomic E-state index is 0.0896. The van der Waals surface area contributed by atoms with Crippen molar-refractivity contribution in [1.82, 2.24) is 20.2 Å².